The van der Waals surface area contributed by atoms with Gasteiger partial charge in [0.15, 0.2) is 12.0 Å². The number of Topliss-reactive ketones (excluding diaryl/α,β-unsaturated/α-hetero) is 1. The SMILES string of the molecule is CC1(C)CN1S(=O)(=O)c1ccc(F)c2c1C(=O)C(F)C2. The Kier molecular flexibility index (Phi) is 2.63. The van der Waals surface area contributed by atoms with Gasteiger partial charge in [-0.1, -0.05) is 0 Å². The number of benzene rings is 1. The quantitative estimate of drug-likeness (QED) is 0.781. The zero-order valence-corrected chi connectivity index (χ0v) is 11.8. The molecule has 1 saturated heterocycles. The first kappa shape index (κ1) is 13.6. The molecule has 0 bridgehead atoms. The Balaban J connectivity index is 2.19. The fraction of sp³-hybridized carbons (Fsp3) is 0.462. The third-order valence-corrected chi connectivity index (χ3v) is 5.90. The zero-order chi connectivity index (χ0) is 14.9. The standard InChI is InChI=1S/C13H13F2NO3S/c1-13(2)6-16(13)20(18,19)10-4-3-8(14)7-5-9(15)12(17)11(7)10/h3-4,9H,5-6H2,1-2H3. The Morgan fingerprint density at radius 2 is 1.95 bits per heavy atom. The molecule has 0 radical (unpaired) electrons. The van der Waals surface area contributed by atoms with E-state index >= 15 is 0 Å². The van der Waals surface area contributed by atoms with Gasteiger partial charge in [-0.15, -0.1) is 0 Å². The van der Waals surface area contributed by atoms with Gasteiger partial charge in [-0.2, -0.15) is 4.31 Å². The van der Waals surface area contributed by atoms with Gasteiger partial charge in [0.2, 0.25) is 10.0 Å². The fourth-order valence-electron chi connectivity index (χ4n) is 2.56. The molecule has 0 N–H and O–H groups in total. The summed E-state index contributed by atoms with van der Waals surface area (Å²) in [5, 5.41) is 0. The molecule has 108 valence electrons. The average Bonchev–Trinajstić information content (AvgIpc) is 2.90. The topological polar surface area (TPSA) is 54.2 Å². The van der Waals surface area contributed by atoms with E-state index in [1.54, 1.807) is 13.8 Å². The second kappa shape index (κ2) is 3.85. The summed E-state index contributed by atoms with van der Waals surface area (Å²) in [6.45, 7) is 3.82. The normalized spacial score (nSPS) is 27.5. The van der Waals surface area contributed by atoms with Gasteiger partial charge >= 0.3 is 0 Å². The van der Waals surface area contributed by atoms with Crippen molar-refractivity contribution >= 4 is 15.8 Å². The highest BCUT2D eigenvalue weighted by molar-refractivity contribution is 7.89. The van der Waals surface area contributed by atoms with Crippen LogP contribution >= 0.6 is 0 Å². The van der Waals surface area contributed by atoms with Crippen molar-refractivity contribution in [2.24, 2.45) is 0 Å². The first-order valence-corrected chi connectivity index (χ1v) is 7.63. The third kappa shape index (κ3) is 1.73. The molecule has 1 heterocycles. The maximum atomic E-state index is 13.6. The van der Waals surface area contributed by atoms with Crippen LogP contribution in [-0.2, 0) is 16.4 Å². The second-order valence-corrected chi connectivity index (χ2v) is 7.59. The van der Waals surface area contributed by atoms with Crippen molar-refractivity contribution in [3.05, 3.63) is 29.1 Å². The maximum absolute atomic E-state index is 13.6. The van der Waals surface area contributed by atoms with Crippen LogP contribution in [0.5, 0.6) is 0 Å². The summed E-state index contributed by atoms with van der Waals surface area (Å²) < 4.78 is 53.3. The van der Waals surface area contributed by atoms with Crippen molar-refractivity contribution in [3.63, 3.8) is 0 Å². The van der Waals surface area contributed by atoms with Crippen molar-refractivity contribution in [2.75, 3.05) is 6.54 Å². The lowest BCUT2D eigenvalue weighted by atomic mass is 10.1. The van der Waals surface area contributed by atoms with Gasteiger partial charge in [-0.05, 0) is 26.0 Å². The molecule has 1 aromatic carbocycles. The molecule has 20 heavy (non-hydrogen) atoms. The van der Waals surface area contributed by atoms with E-state index in [1.165, 1.54) is 4.31 Å². The molecule has 0 spiro atoms. The van der Waals surface area contributed by atoms with Gasteiger partial charge in [0.1, 0.15) is 5.82 Å². The summed E-state index contributed by atoms with van der Waals surface area (Å²) in [6, 6.07) is 2.03. The summed E-state index contributed by atoms with van der Waals surface area (Å²) in [6.07, 6.45) is -2.26. The van der Waals surface area contributed by atoms with Gasteiger partial charge in [0, 0.05) is 29.6 Å². The van der Waals surface area contributed by atoms with Crippen molar-refractivity contribution in [2.45, 2.75) is 36.9 Å². The molecule has 1 aliphatic carbocycles. The molecule has 1 fully saturated rings. The van der Waals surface area contributed by atoms with Crippen LogP contribution in [0.2, 0.25) is 0 Å². The van der Waals surface area contributed by atoms with Crippen LogP contribution in [-0.4, -0.2) is 36.8 Å². The number of sulfonamides is 1. The first-order chi connectivity index (χ1) is 9.16. The maximum Gasteiger partial charge on any atom is 0.244 e. The summed E-state index contributed by atoms with van der Waals surface area (Å²) in [5.41, 5.74) is -0.972. The Labute approximate surface area is 115 Å². The molecule has 0 saturated carbocycles. The zero-order valence-electron chi connectivity index (χ0n) is 11.0. The number of fused-ring (bicyclic) bond motifs is 1. The van der Waals surface area contributed by atoms with Gasteiger partial charge in [-0.3, -0.25) is 4.79 Å². The van der Waals surface area contributed by atoms with Crippen LogP contribution in [0, 0.1) is 5.82 Å². The lowest BCUT2D eigenvalue weighted by molar-refractivity contribution is 0.0896. The molecule has 7 heteroatoms. The second-order valence-electron chi connectivity index (χ2n) is 5.76. The van der Waals surface area contributed by atoms with Crippen LogP contribution in [0.25, 0.3) is 0 Å². The van der Waals surface area contributed by atoms with E-state index in [2.05, 4.69) is 0 Å². The number of hydrogen-bond donors (Lipinski definition) is 0. The number of nitrogens with zero attached hydrogens (tertiary/aromatic N) is 1. The van der Waals surface area contributed by atoms with E-state index in [0.29, 0.717) is 6.54 Å². The Bertz CT molecular complexity index is 727. The molecule has 0 aromatic heterocycles. The average molecular weight is 301 g/mol. The summed E-state index contributed by atoms with van der Waals surface area (Å²) in [7, 11) is -3.89. The van der Waals surface area contributed by atoms with Crippen LogP contribution in [0.15, 0.2) is 17.0 Å². The summed E-state index contributed by atoms with van der Waals surface area (Å²) >= 11 is 0. The number of carbonyl (C=O) groups is 1. The van der Waals surface area contributed by atoms with Gasteiger partial charge in [0.25, 0.3) is 0 Å². The van der Waals surface area contributed by atoms with Crippen molar-refractivity contribution < 1.29 is 22.0 Å². The number of hydrogen-bond acceptors (Lipinski definition) is 3. The van der Waals surface area contributed by atoms with Crippen LogP contribution < -0.4 is 0 Å². The van der Waals surface area contributed by atoms with Crippen molar-refractivity contribution in [3.8, 4) is 0 Å². The molecule has 1 aliphatic heterocycles. The smallest absolute Gasteiger partial charge is 0.244 e. The number of alkyl halides is 1. The molecule has 2 unspecified atom stereocenters. The number of ketones is 1. The minimum atomic E-state index is -3.89. The van der Waals surface area contributed by atoms with Crippen LogP contribution in [0.1, 0.15) is 29.8 Å². The highest BCUT2D eigenvalue weighted by Crippen LogP contribution is 2.41. The molecule has 2 atom stereocenters. The monoisotopic (exact) mass is 301 g/mol. The Hall–Kier alpha value is -1.34. The van der Waals surface area contributed by atoms with E-state index in [-0.39, 0.29) is 16.0 Å². The number of carbonyl (C=O) groups excluding carboxylic acids is 1. The molecule has 1 aromatic rings. The predicted molar refractivity (Wildman–Crippen MR) is 67.3 cm³/mol. The van der Waals surface area contributed by atoms with E-state index < -0.39 is 39.8 Å². The minimum Gasteiger partial charge on any atom is -0.291 e. The lowest BCUT2D eigenvalue weighted by Crippen LogP contribution is -2.21. The molecular weight excluding hydrogens is 288 g/mol. The van der Waals surface area contributed by atoms with Crippen LogP contribution in [0.3, 0.4) is 0 Å². The molecular formula is C13H13F2NO3S. The van der Waals surface area contributed by atoms with E-state index in [9.17, 15) is 22.0 Å². The first-order valence-electron chi connectivity index (χ1n) is 6.19. The highest BCUT2D eigenvalue weighted by atomic mass is 32.2. The third-order valence-electron chi connectivity index (χ3n) is 3.80. The van der Waals surface area contributed by atoms with E-state index in [0.717, 1.165) is 12.1 Å². The van der Waals surface area contributed by atoms with Gasteiger partial charge < -0.3 is 0 Å². The molecule has 2 aliphatic rings. The largest absolute Gasteiger partial charge is 0.291 e. The highest BCUT2D eigenvalue weighted by Gasteiger charge is 2.53. The summed E-state index contributed by atoms with van der Waals surface area (Å²) in [5.74, 6) is -1.68. The number of rotatable bonds is 2. The Morgan fingerprint density at radius 3 is 2.50 bits per heavy atom. The Morgan fingerprint density at radius 1 is 1.35 bits per heavy atom. The fourth-order valence-corrected chi connectivity index (χ4v) is 4.65. The van der Waals surface area contributed by atoms with Crippen molar-refractivity contribution in [1.29, 1.82) is 0 Å². The van der Waals surface area contributed by atoms with Crippen molar-refractivity contribution in [1.82, 2.24) is 4.31 Å². The van der Waals surface area contributed by atoms with E-state index in [1.807, 2.05) is 0 Å². The minimum absolute atomic E-state index is 0.136. The van der Waals surface area contributed by atoms with E-state index in [4.69, 9.17) is 0 Å². The molecule has 4 nitrogen and oxygen atoms in total. The lowest BCUT2D eigenvalue weighted by Gasteiger charge is -2.12. The van der Waals surface area contributed by atoms with Gasteiger partial charge in [0.05, 0.1) is 4.90 Å². The molecule has 3 rings (SSSR count). The molecule has 0 amide bonds. The number of halogens is 2. The van der Waals surface area contributed by atoms with Gasteiger partial charge in [-0.25, -0.2) is 17.2 Å². The van der Waals surface area contributed by atoms with Crippen LogP contribution in [0.4, 0.5) is 8.78 Å². The summed E-state index contributed by atoms with van der Waals surface area (Å²) in [4.78, 5) is 11.5. The predicted octanol–water partition coefficient (Wildman–Crippen LogP) is 1.69.